The topological polar surface area (TPSA) is 101 Å². The van der Waals surface area contributed by atoms with Crippen molar-refractivity contribution in [2.24, 2.45) is 23.5 Å². The Morgan fingerprint density at radius 2 is 1.79 bits per heavy atom. The Labute approximate surface area is 146 Å². The number of carbonyl (C=O) groups excluding carboxylic acids is 1. The van der Waals surface area contributed by atoms with Gasteiger partial charge in [0, 0.05) is 49.7 Å². The highest BCUT2D eigenvalue weighted by Crippen LogP contribution is 2.42. The number of aromatic nitrogens is 2. The highest BCUT2D eigenvalue weighted by molar-refractivity contribution is 7.09. The predicted octanol–water partition coefficient (Wildman–Crippen LogP) is 0.922. The fourth-order valence-electron chi connectivity index (χ4n) is 4.72. The van der Waals surface area contributed by atoms with Crippen LogP contribution in [0.15, 0.2) is 0 Å². The Morgan fingerprint density at radius 3 is 2.38 bits per heavy atom. The van der Waals surface area contributed by atoms with E-state index in [-0.39, 0.29) is 5.92 Å². The molecule has 3 aliphatic rings. The molecule has 1 amide bonds. The van der Waals surface area contributed by atoms with Gasteiger partial charge in [-0.1, -0.05) is 6.42 Å². The van der Waals surface area contributed by atoms with Gasteiger partial charge in [0.25, 0.3) is 0 Å². The van der Waals surface area contributed by atoms with Gasteiger partial charge in [0.1, 0.15) is 0 Å². The molecule has 4 rings (SSSR count). The van der Waals surface area contributed by atoms with Gasteiger partial charge in [-0.2, -0.15) is 9.36 Å². The van der Waals surface area contributed by atoms with Gasteiger partial charge in [0.2, 0.25) is 17.0 Å². The van der Waals surface area contributed by atoms with Crippen LogP contribution in [0.5, 0.6) is 0 Å². The molecular weight excluding hydrogens is 324 g/mol. The van der Waals surface area contributed by atoms with Crippen molar-refractivity contribution < 1.29 is 4.79 Å². The number of nitrogens with zero attached hydrogens (tertiary/aromatic N) is 4. The van der Waals surface area contributed by atoms with Crippen LogP contribution in [0.25, 0.3) is 0 Å². The Kier molecular flexibility index (Phi) is 4.34. The van der Waals surface area contributed by atoms with E-state index in [4.69, 9.17) is 11.5 Å². The number of piperazine rings is 1. The second kappa shape index (κ2) is 6.48. The summed E-state index contributed by atoms with van der Waals surface area (Å²) in [6.45, 7) is 3.13. The molecule has 2 bridgehead atoms. The van der Waals surface area contributed by atoms with Crippen molar-refractivity contribution in [3.63, 3.8) is 0 Å². The maximum Gasteiger partial charge on any atom is 0.233 e. The SMILES string of the molecule is Nc1nsc(N2CCN(C(=O)C3CC4CCCC(C3)C4N)CC2)n1. The zero-order chi connectivity index (χ0) is 16.7. The second-order valence-electron chi connectivity index (χ2n) is 7.44. The van der Waals surface area contributed by atoms with Gasteiger partial charge in [0.15, 0.2) is 0 Å². The van der Waals surface area contributed by atoms with Gasteiger partial charge in [-0.3, -0.25) is 4.79 Å². The lowest BCUT2D eigenvalue weighted by Gasteiger charge is -2.45. The summed E-state index contributed by atoms with van der Waals surface area (Å²) in [7, 11) is 0. The van der Waals surface area contributed by atoms with E-state index in [9.17, 15) is 4.79 Å². The smallest absolute Gasteiger partial charge is 0.233 e. The number of anilines is 2. The standard InChI is InChI=1S/C16H26N6OS/c17-13-10-2-1-3-11(13)9-12(8-10)14(23)21-4-6-22(7-5-21)16-19-15(18)20-24-16/h10-13H,1-9,17H2,(H2,18,20). The molecule has 2 saturated carbocycles. The molecule has 1 saturated heterocycles. The van der Waals surface area contributed by atoms with Gasteiger partial charge in [-0.15, -0.1) is 0 Å². The molecule has 0 aromatic carbocycles. The van der Waals surface area contributed by atoms with Crippen LogP contribution in [0.3, 0.4) is 0 Å². The number of carbonyl (C=O) groups is 1. The zero-order valence-electron chi connectivity index (χ0n) is 13.9. The zero-order valence-corrected chi connectivity index (χ0v) is 14.7. The minimum atomic E-state index is 0.184. The molecule has 1 aliphatic heterocycles. The summed E-state index contributed by atoms with van der Waals surface area (Å²) in [5.74, 6) is 1.96. The van der Waals surface area contributed by atoms with E-state index in [0.717, 1.165) is 44.2 Å². The first kappa shape index (κ1) is 16.1. The van der Waals surface area contributed by atoms with E-state index >= 15 is 0 Å². The summed E-state index contributed by atoms with van der Waals surface area (Å²) in [6.07, 6.45) is 5.67. The maximum absolute atomic E-state index is 13.0. The van der Waals surface area contributed by atoms with Gasteiger partial charge in [-0.05, 0) is 37.5 Å². The van der Waals surface area contributed by atoms with Crippen molar-refractivity contribution in [2.75, 3.05) is 36.8 Å². The Balaban J connectivity index is 1.35. The predicted molar refractivity (Wildman–Crippen MR) is 94.6 cm³/mol. The molecule has 0 spiro atoms. The van der Waals surface area contributed by atoms with Crippen molar-refractivity contribution in [2.45, 2.75) is 38.1 Å². The molecular formula is C16H26N6OS. The van der Waals surface area contributed by atoms with Gasteiger partial charge in [-0.25, -0.2) is 0 Å². The van der Waals surface area contributed by atoms with Crippen molar-refractivity contribution >= 4 is 28.5 Å². The number of amides is 1. The maximum atomic E-state index is 13.0. The molecule has 7 nitrogen and oxygen atoms in total. The highest BCUT2D eigenvalue weighted by Gasteiger charge is 2.41. The first-order valence-electron chi connectivity index (χ1n) is 9.00. The molecule has 132 valence electrons. The molecule has 2 atom stereocenters. The summed E-state index contributed by atoms with van der Waals surface area (Å²) in [5, 5.41) is 0.859. The Morgan fingerprint density at radius 1 is 1.12 bits per heavy atom. The lowest BCUT2D eigenvalue weighted by atomic mass is 9.65. The molecule has 1 aromatic rings. The first-order chi connectivity index (χ1) is 11.6. The van der Waals surface area contributed by atoms with Crippen LogP contribution in [0, 0.1) is 17.8 Å². The van der Waals surface area contributed by atoms with E-state index < -0.39 is 0 Å². The molecule has 2 aliphatic carbocycles. The molecule has 8 heteroatoms. The Hall–Kier alpha value is -1.41. The number of fused-ring (bicyclic) bond motifs is 2. The molecule has 4 N–H and O–H groups in total. The first-order valence-corrected chi connectivity index (χ1v) is 9.77. The largest absolute Gasteiger partial charge is 0.367 e. The second-order valence-corrected chi connectivity index (χ2v) is 8.17. The van der Waals surface area contributed by atoms with Gasteiger partial charge < -0.3 is 21.3 Å². The number of hydrogen-bond donors (Lipinski definition) is 2. The molecule has 2 unspecified atom stereocenters. The summed E-state index contributed by atoms with van der Waals surface area (Å²) < 4.78 is 4.03. The third-order valence-corrected chi connectivity index (χ3v) is 6.85. The third-order valence-electron chi connectivity index (χ3n) is 6.06. The van der Waals surface area contributed by atoms with Crippen LogP contribution in [0.1, 0.15) is 32.1 Å². The number of nitrogens with two attached hydrogens (primary N) is 2. The lowest BCUT2D eigenvalue weighted by Crippen LogP contribution is -2.53. The van der Waals surface area contributed by atoms with Crippen molar-refractivity contribution in [1.82, 2.24) is 14.3 Å². The van der Waals surface area contributed by atoms with Gasteiger partial charge >= 0.3 is 0 Å². The average molecular weight is 350 g/mol. The van der Waals surface area contributed by atoms with Crippen molar-refractivity contribution in [3.8, 4) is 0 Å². The van der Waals surface area contributed by atoms with Crippen LogP contribution in [0.2, 0.25) is 0 Å². The minimum Gasteiger partial charge on any atom is -0.367 e. The normalized spacial score (nSPS) is 33.5. The molecule has 24 heavy (non-hydrogen) atoms. The van der Waals surface area contributed by atoms with Crippen molar-refractivity contribution in [3.05, 3.63) is 0 Å². The summed E-state index contributed by atoms with van der Waals surface area (Å²) in [4.78, 5) is 21.4. The molecule has 0 radical (unpaired) electrons. The van der Waals surface area contributed by atoms with Crippen LogP contribution in [0.4, 0.5) is 11.1 Å². The van der Waals surface area contributed by atoms with Crippen LogP contribution in [-0.4, -0.2) is 52.4 Å². The monoisotopic (exact) mass is 350 g/mol. The van der Waals surface area contributed by atoms with E-state index in [1.807, 2.05) is 4.90 Å². The number of rotatable bonds is 2. The molecule has 3 fully saturated rings. The quantitative estimate of drug-likeness (QED) is 0.822. The summed E-state index contributed by atoms with van der Waals surface area (Å²) in [6, 6.07) is 0.322. The van der Waals surface area contributed by atoms with E-state index in [0.29, 0.717) is 29.7 Å². The summed E-state index contributed by atoms with van der Waals surface area (Å²) in [5.41, 5.74) is 12.0. The van der Waals surface area contributed by atoms with Gasteiger partial charge in [0.05, 0.1) is 0 Å². The average Bonchev–Trinajstić information content (AvgIpc) is 3.01. The van der Waals surface area contributed by atoms with Crippen molar-refractivity contribution in [1.29, 1.82) is 0 Å². The van der Waals surface area contributed by atoms with E-state index in [1.54, 1.807) is 0 Å². The minimum absolute atomic E-state index is 0.184. The van der Waals surface area contributed by atoms with Crippen LogP contribution >= 0.6 is 11.5 Å². The molecule has 2 heterocycles. The molecule has 1 aromatic heterocycles. The Bertz CT molecular complexity index is 585. The van der Waals surface area contributed by atoms with Crippen LogP contribution < -0.4 is 16.4 Å². The summed E-state index contributed by atoms with van der Waals surface area (Å²) >= 11 is 1.33. The fraction of sp³-hybridized carbons (Fsp3) is 0.812. The number of nitrogen functional groups attached to an aromatic ring is 1. The lowest BCUT2D eigenvalue weighted by molar-refractivity contribution is -0.138. The fourth-order valence-corrected chi connectivity index (χ4v) is 5.37. The highest BCUT2D eigenvalue weighted by atomic mass is 32.1. The third kappa shape index (κ3) is 2.97. The number of hydrogen-bond acceptors (Lipinski definition) is 7. The van der Waals surface area contributed by atoms with E-state index in [2.05, 4.69) is 14.3 Å². The van der Waals surface area contributed by atoms with E-state index in [1.165, 1.54) is 30.8 Å². The van der Waals surface area contributed by atoms with Crippen LogP contribution in [-0.2, 0) is 4.79 Å².